The van der Waals surface area contributed by atoms with Crippen molar-refractivity contribution in [1.29, 1.82) is 5.26 Å². The Hall–Kier alpha value is -2.67. The molecule has 0 fully saturated rings. The van der Waals surface area contributed by atoms with E-state index >= 15 is 0 Å². The normalized spacial score (nSPS) is 10.3. The van der Waals surface area contributed by atoms with Crippen molar-refractivity contribution in [3.05, 3.63) is 54.6 Å². The van der Waals surface area contributed by atoms with Gasteiger partial charge in [0.25, 0.3) is 0 Å². The largest absolute Gasteiger partial charge is 0.305 e. The van der Waals surface area contributed by atoms with Crippen molar-refractivity contribution in [2.75, 3.05) is 0 Å². The monoisotopic (exact) mass is 220 g/mol. The maximum absolute atomic E-state index is 8.83. The van der Waals surface area contributed by atoms with Gasteiger partial charge >= 0.3 is 0 Å². The Bertz CT molecular complexity index is 707. The second-order valence-electron chi connectivity index (χ2n) is 3.66. The molecule has 0 spiro atoms. The Morgan fingerprint density at radius 3 is 2.65 bits per heavy atom. The molecule has 0 amide bonds. The first-order valence-corrected chi connectivity index (χ1v) is 5.16. The maximum atomic E-state index is 8.83. The van der Waals surface area contributed by atoms with Crippen LogP contribution in [0.4, 0.5) is 0 Å². The molecule has 0 atom stereocenters. The van der Waals surface area contributed by atoms with Crippen LogP contribution in [0, 0.1) is 11.3 Å². The first-order chi connectivity index (χ1) is 8.36. The number of nitrogens with zero attached hydrogens (tertiary/aromatic N) is 4. The van der Waals surface area contributed by atoms with Crippen molar-refractivity contribution in [2.24, 2.45) is 0 Å². The van der Waals surface area contributed by atoms with E-state index in [1.54, 1.807) is 24.7 Å². The van der Waals surface area contributed by atoms with Crippen LogP contribution in [0.5, 0.6) is 0 Å². The van der Waals surface area contributed by atoms with Gasteiger partial charge in [0.05, 0.1) is 11.3 Å². The number of aromatic nitrogens is 3. The maximum Gasteiger partial charge on any atom is 0.137 e. The Balaban J connectivity index is 2.18. The third-order valence-corrected chi connectivity index (χ3v) is 2.56. The predicted octanol–water partition coefficient (Wildman–Crippen LogP) is 2.27. The lowest BCUT2D eigenvalue weighted by Crippen LogP contribution is -1.83. The van der Waals surface area contributed by atoms with Crippen LogP contribution in [-0.2, 0) is 0 Å². The molecule has 3 aromatic rings. The molecule has 80 valence electrons. The van der Waals surface area contributed by atoms with E-state index in [2.05, 4.69) is 16.0 Å². The lowest BCUT2D eigenvalue weighted by molar-refractivity contribution is 1.17. The summed E-state index contributed by atoms with van der Waals surface area (Å²) in [7, 11) is 0. The van der Waals surface area contributed by atoms with E-state index in [1.807, 2.05) is 28.8 Å². The number of fused-ring (bicyclic) bond motifs is 1. The molecule has 0 saturated carbocycles. The summed E-state index contributed by atoms with van der Waals surface area (Å²) in [5.74, 6) is 0. The first-order valence-electron chi connectivity index (χ1n) is 5.16. The summed E-state index contributed by atoms with van der Waals surface area (Å²) in [5.41, 5.74) is 3.34. The third-order valence-electron chi connectivity index (χ3n) is 2.56. The van der Waals surface area contributed by atoms with Crippen LogP contribution < -0.4 is 0 Å². The number of hydrogen-bond acceptors (Lipinski definition) is 3. The predicted molar refractivity (Wildman–Crippen MR) is 63.1 cm³/mol. The van der Waals surface area contributed by atoms with Crippen LogP contribution in [0.2, 0.25) is 0 Å². The molecule has 17 heavy (non-hydrogen) atoms. The summed E-state index contributed by atoms with van der Waals surface area (Å²) >= 11 is 0. The number of nitriles is 1. The van der Waals surface area contributed by atoms with E-state index in [4.69, 9.17) is 5.26 Å². The van der Waals surface area contributed by atoms with Gasteiger partial charge in [-0.1, -0.05) is 0 Å². The quantitative estimate of drug-likeness (QED) is 0.632. The number of pyridine rings is 2. The molecular formula is C13H8N4. The molecule has 0 aromatic carbocycles. The lowest BCUT2D eigenvalue weighted by atomic mass is 10.2. The van der Waals surface area contributed by atoms with Gasteiger partial charge in [-0.3, -0.25) is 4.98 Å². The van der Waals surface area contributed by atoms with Crippen molar-refractivity contribution in [3.63, 3.8) is 0 Å². The average molecular weight is 220 g/mol. The number of rotatable bonds is 1. The fourth-order valence-corrected chi connectivity index (χ4v) is 1.72. The zero-order valence-electron chi connectivity index (χ0n) is 8.91. The van der Waals surface area contributed by atoms with Gasteiger partial charge in [0.2, 0.25) is 0 Å². The first kappa shape index (κ1) is 9.55. The summed E-state index contributed by atoms with van der Waals surface area (Å²) in [5, 5.41) is 8.83. The minimum atomic E-state index is 0.621. The van der Waals surface area contributed by atoms with E-state index < -0.39 is 0 Å². The fourth-order valence-electron chi connectivity index (χ4n) is 1.72. The molecule has 3 aromatic heterocycles. The molecule has 0 aliphatic carbocycles. The van der Waals surface area contributed by atoms with E-state index in [0.29, 0.717) is 5.56 Å². The smallest absolute Gasteiger partial charge is 0.137 e. The molecule has 0 unspecified atom stereocenters. The average Bonchev–Trinajstić information content (AvgIpc) is 2.82. The number of hydrogen-bond donors (Lipinski definition) is 0. The molecule has 3 rings (SSSR count). The lowest BCUT2D eigenvalue weighted by Gasteiger charge is -1.92. The minimum absolute atomic E-state index is 0.621. The standard InChI is InChI=1S/C13H8N4/c14-7-10-1-2-13-16-12(9-17(13)8-10)11-3-5-15-6-4-11/h1-6,8-9H. The third kappa shape index (κ3) is 1.64. The molecule has 0 aliphatic heterocycles. The van der Waals surface area contributed by atoms with E-state index in [1.165, 1.54) is 0 Å². The van der Waals surface area contributed by atoms with Crippen molar-refractivity contribution in [2.45, 2.75) is 0 Å². The molecule has 0 bridgehead atoms. The van der Waals surface area contributed by atoms with E-state index in [9.17, 15) is 0 Å². The Labute approximate surface area is 97.8 Å². The topological polar surface area (TPSA) is 54.0 Å². The van der Waals surface area contributed by atoms with Crippen LogP contribution in [0.15, 0.2) is 49.1 Å². The summed E-state index contributed by atoms with van der Waals surface area (Å²) in [6, 6.07) is 9.53. The van der Waals surface area contributed by atoms with Crippen LogP contribution in [0.25, 0.3) is 16.9 Å². The Morgan fingerprint density at radius 1 is 1.06 bits per heavy atom. The molecule has 4 heteroatoms. The van der Waals surface area contributed by atoms with Crippen LogP contribution in [-0.4, -0.2) is 14.4 Å². The highest BCUT2D eigenvalue weighted by Gasteiger charge is 2.04. The van der Waals surface area contributed by atoms with Crippen molar-refractivity contribution < 1.29 is 0 Å². The summed E-state index contributed by atoms with van der Waals surface area (Å²) in [6.07, 6.45) is 7.15. The van der Waals surface area contributed by atoms with Crippen molar-refractivity contribution in [1.82, 2.24) is 14.4 Å². The SMILES string of the molecule is N#Cc1ccc2nc(-c3ccncc3)cn2c1. The summed E-state index contributed by atoms with van der Waals surface area (Å²) in [6.45, 7) is 0. The molecule has 0 N–H and O–H groups in total. The highest BCUT2D eigenvalue weighted by Crippen LogP contribution is 2.18. The van der Waals surface area contributed by atoms with Crippen LogP contribution in [0.3, 0.4) is 0 Å². The highest BCUT2D eigenvalue weighted by atomic mass is 15.0. The van der Waals surface area contributed by atoms with E-state index in [-0.39, 0.29) is 0 Å². The van der Waals surface area contributed by atoms with Crippen LogP contribution >= 0.6 is 0 Å². The molecule has 0 aliphatic rings. The second kappa shape index (κ2) is 3.72. The molecule has 3 heterocycles. The highest BCUT2D eigenvalue weighted by molar-refractivity contribution is 5.62. The van der Waals surface area contributed by atoms with Gasteiger partial charge in [0, 0.05) is 30.4 Å². The zero-order valence-corrected chi connectivity index (χ0v) is 8.91. The fraction of sp³-hybridized carbons (Fsp3) is 0. The summed E-state index contributed by atoms with van der Waals surface area (Å²) < 4.78 is 1.86. The van der Waals surface area contributed by atoms with Crippen LogP contribution in [0.1, 0.15) is 5.56 Å². The molecule has 4 nitrogen and oxygen atoms in total. The van der Waals surface area contributed by atoms with Gasteiger partial charge in [-0.25, -0.2) is 4.98 Å². The number of imidazole rings is 1. The molecular weight excluding hydrogens is 212 g/mol. The van der Waals surface area contributed by atoms with Crippen molar-refractivity contribution in [3.8, 4) is 17.3 Å². The zero-order chi connectivity index (χ0) is 11.7. The van der Waals surface area contributed by atoms with Gasteiger partial charge in [0.15, 0.2) is 0 Å². The minimum Gasteiger partial charge on any atom is -0.305 e. The summed E-state index contributed by atoms with van der Waals surface area (Å²) in [4.78, 5) is 8.46. The Morgan fingerprint density at radius 2 is 1.88 bits per heavy atom. The van der Waals surface area contributed by atoms with Gasteiger partial charge in [-0.2, -0.15) is 5.26 Å². The van der Waals surface area contributed by atoms with Crippen molar-refractivity contribution >= 4 is 5.65 Å². The van der Waals surface area contributed by atoms with Gasteiger partial charge in [-0.05, 0) is 24.3 Å². The van der Waals surface area contributed by atoms with Gasteiger partial charge < -0.3 is 4.40 Å². The Kier molecular flexibility index (Phi) is 2.09. The molecule has 0 radical (unpaired) electrons. The van der Waals surface area contributed by atoms with Gasteiger partial charge in [0.1, 0.15) is 11.7 Å². The second-order valence-corrected chi connectivity index (χ2v) is 3.66. The van der Waals surface area contributed by atoms with Gasteiger partial charge in [-0.15, -0.1) is 0 Å². The van der Waals surface area contributed by atoms with E-state index in [0.717, 1.165) is 16.9 Å². The molecule has 0 saturated heterocycles.